The van der Waals surface area contributed by atoms with Gasteiger partial charge in [-0.2, -0.15) is 18.7 Å². The second-order valence-electron chi connectivity index (χ2n) is 7.12. The molecule has 1 aromatic rings. The lowest BCUT2D eigenvalue weighted by Gasteiger charge is -2.16. The molecule has 6 nitrogen and oxygen atoms in total. The fraction of sp³-hybridized carbons (Fsp3) is 0.647. The van der Waals surface area contributed by atoms with Crippen LogP contribution >= 0.6 is 11.3 Å². The Morgan fingerprint density at radius 1 is 1.22 bits per heavy atom. The van der Waals surface area contributed by atoms with Crippen molar-refractivity contribution < 1.29 is 27.6 Å². The molecule has 2 aliphatic heterocycles. The number of rotatable bonds is 3. The molecule has 2 fully saturated rings. The molecule has 0 spiro atoms. The van der Waals surface area contributed by atoms with E-state index in [1.807, 2.05) is 0 Å². The number of fused-ring (bicyclic) bond motifs is 1. The fourth-order valence-electron chi connectivity index (χ4n) is 3.92. The van der Waals surface area contributed by atoms with Crippen LogP contribution in [0.3, 0.4) is 0 Å². The molecular weight excluding hydrogens is 383 g/mol. The second kappa shape index (κ2) is 7.06. The normalized spacial score (nSPS) is 28.1. The third kappa shape index (κ3) is 3.57. The predicted octanol–water partition coefficient (Wildman–Crippen LogP) is 2.14. The number of alkyl halides is 3. The maximum Gasteiger partial charge on any atom is 0.416 e. The summed E-state index contributed by atoms with van der Waals surface area (Å²) in [6.07, 6.45) is -2.59. The number of carbonyl (C=O) groups excluding carboxylic acids is 2. The highest BCUT2D eigenvalue weighted by Crippen LogP contribution is 2.43. The van der Waals surface area contributed by atoms with Gasteiger partial charge in [-0.25, -0.2) is 0 Å². The Balaban J connectivity index is 1.58. The van der Waals surface area contributed by atoms with Gasteiger partial charge in [-0.1, -0.05) is 0 Å². The molecule has 3 heterocycles. The van der Waals surface area contributed by atoms with E-state index in [4.69, 9.17) is 4.84 Å². The van der Waals surface area contributed by atoms with Crippen molar-refractivity contribution in [2.45, 2.75) is 62.9 Å². The van der Waals surface area contributed by atoms with Gasteiger partial charge in [0.05, 0.1) is 10.9 Å². The lowest BCUT2D eigenvalue weighted by Crippen LogP contribution is -2.40. The molecule has 0 bridgehead atoms. The average molecular weight is 403 g/mol. The largest absolute Gasteiger partial charge is 0.416 e. The van der Waals surface area contributed by atoms with Crippen LogP contribution in [0.5, 0.6) is 0 Å². The quantitative estimate of drug-likeness (QED) is 0.723. The van der Waals surface area contributed by atoms with Crippen molar-refractivity contribution in [3.8, 4) is 0 Å². The van der Waals surface area contributed by atoms with Crippen LogP contribution in [0.15, 0.2) is 0 Å². The summed E-state index contributed by atoms with van der Waals surface area (Å²) in [5, 5.41) is 5.43. The molecule has 2 unspecified atom stereocenters. The van der Waals surface area contributed by atoms with Crippen LogP contribution in [0.25, 0.3) is 0 Å². The molecule has 0 radical (unpaired) electrons. The summed E-state index contributed by atoms with van der Waals surface area (Å²) in [6, 6.07) is -1.13. The maximum atomic E-state index is 12.9. The van der Waals surface area contributed by atoms with Gasteiger partial charge in [0.1, 0.15) is 6.04 Å². The Morgan fingerprint density at radius 3 is 2.59 bits per heavy atom. The molecule has 2 saturated heterocycles. The second-order valence-corrected chi connectivity index (χ2v) is 8.17. The molecule has 3 N–H and O–H groups in total. The van der Waals surface area contributed by atoms with Crippen molar-refractivity contribution in [2.24, 2.45) is 0 Å². The molecule has 1 aliphatic carbocycles. The average Bonchev–Trinajstić information content (AvgIpc) is 3.33. The monoisotopic (exact) mass is 403 g/mol. The number of hydrogen-bond donors (Lipinski definition) is 3. The molecular formula is C17H20F3N3O3S. The van der Waals surface area contributed by atoms with Gasteiger partial charge in [-0.15, -0.1) is 11.3 Å². The van der Waals surface area contributed by atoms with E-state index in [1.54, 1.807) is 0 Å². The van der Waals surface area contributed by atoms with Gasteiger partial charge in [0, 0.05) is 17.8 Å². The summed E-state index contributed by atoms with van der Waals surface area (Å²) < 4.78 is 38.8. The third-order valence-corrected chi connectivity index (χ3v) is 6.68. The van der Waals surface area contributed by atoms with Crippen molar-refractivity contribution in [3.63, 3.8) is 0 Å². The van der Waals surface area contributed by atoms with Crippen LogP contribution in [-0.2, 0) is 22.5 Å². The van der Waals surface area contributed by atoms with Gasteiger partial charge in [-0.05, 0) is 43.2 Å². The lowest BCUT2D eigenvalue weighted by atomic mass is 9.90. The van der Waals surface area contributed by atoms with E-state index in [9.17, 15) is 22.8 Å². The van der Waals surface area contributed by atoms with Crippen LogP contribution in [0.2, 0.25) is 0 Å². The third-order valence-electron chi connectivity index (χ3n) is 5.30. The maximum absolute atomic E-state index is 12.9. The van der Waals surface area contributed by atoms with Crippen LogP contribution < -0.4 is 16.1 Å². The zero-order chi connectivity index (χ0) is 19.2. The smallest absolute Gasteiger partial charge is 0.354 e. The van der Waals surface area contributed by atoms with Gasteiger partial charge in [0.15, 0.2) is 6.10 Å². The lowest BCUT2D eigenvalue weighted by molar-refractivity contribution is -0.218. The highest BCUT2D eigenvalue weighted by Gasteiger charge is 2.47. The molecule has 2 amide bonds. The molecule has 0 aromatic carbocycles. The van der Waals surface area contributed by atoms with Crippen LogP contribution in [-0.4, -0.2) is 36.7 Å². The van der Waals surface area contributed by atoms with Crippen molar-refractivity contribution >= 4 is 23.2 Å². The number of thiophene rings is 1. The molecule has 4 rings (SSSR count). The van der Waals surface area contributed by atoms with Crippen molar-refractivity contribution in [1.29, 1.82) is 0 Å². The minimum absolute atomic E-state index is 0.201. The zero-order valence-corrected chi connectivity index (χ0v) is 15.3. The summed E-state index contributed by atoms with van der Waals surface area (Å²) in [5.74, 6) is -0.523. The molecule has 3 atom stereocenters. The molecule has 10 heteroatoms. The first-order chi connectivity index (χ1) is 12.8. The van der Waals surface area contributed by atoms with Crippen molar-refractivity contribution in [3.05, 3.63) is 20.9 Å². The zero-order valence-electron chi connectivity index (χ0n) is 14.4. The Hall–Kier alpha value is -1.65. The number of hydrogen-bond acceptors (Lipinski definition) is 5. The molecule has 1 aromatic heterocycles. The number of hydroxylamine groups is 1. The topological polar surface area (TPSA) is 79.5 Å². The first-order valence-electron chi connectivity index (χ1n) is 9.05. The van der Waals surface area contributed by atoms with Crippen molar-refractivity contribution in [1.82, 2.24) is 16.1 Å². The van der Waals surface area contributed by atoms with E-state index in [-0.39, 0.29) is 18.2 Å². The van der Waals surface area contributed by atoms with E-state index in [0.717, 1.165) is 41.7 Å². The Kier molecular flexibility index (Phi) is 4.89. The van der Waals surface area contributed by atoms with Gasteiger partial charge >= 0.3 is 6.18 Å². The molecule has 0 saturated carbocycles. The molecule has 148 valence electrons. The van der Waals surface area contributed by atoms with Gasteiger partial charge in [-0.3, -0.25) is 14.4 Å². The van der Waals surface area contributed by atoms with Crippen molar-refractivity contribution in [2.75, 3.05) is 6.54 Å². The number of carbonyl (C=O) groups is 2. The number of nitrogens with one attached hydrogen (secondary N) is 3. The number of amides is 2. The first kappa shape index (κ1) is 18.7. The predicted molar refractivity (Wildman–Crippen MR) is 91.3 cm³/mol. The van der Waals surface area contributed by atoms with Gasteiger partial charge in [0.2, 0.25) is 5.91 Å². The first-order valence-corrected chi connectivity index (χ1v) is 9.87. The number of halogens is 3. The highest BCUT2D eigenvalue weighted by atomic mass is 32.1. The minimum Gasteiger partial charge on any atom is -0.354 e. The van der Waals surface area contributed by atoms with Crippen LogP contribution in [0, 0.1) is 0 Å². The summed E-state index contributed by atoms with van der Waals surface area (Å²) in [7, 11) is 0. The summed E-state index contributed by atoms with van der Waals surface area (Å²) in [6.45, 7) is 0.528. The molecule has 27 heavy (non-hydrogen) atoms. The Morgan fingerprint density at radius 2 is 1.96 bits per heavy atom. The SMILES string of the molecule is O=C(N[C@@H]1CCNC1=O)c1sc(C2CC(C(F)(F)F)ON2)c2c1CCCC2. The Labute approximate surface area is 157 Å². The van der Waals surface area contributed by atoms with E-state index in [0.29, 0.717) is 17.8 Å². The van der Waals surface area contributed by atoms with E-state index in [2.05, 4.69) is 16.1 Å². The van der Waals surface area contributed by atoms with Gasteiger partial charge < -0.3 is 10.6 Å². The summed E-state index contributed by atoms with van der Waals surface area (Å²) in [4.78, 5) is 30.5. The van der Waals surface area contributed by atoms with E-state index < -0.39 is 24.4 Å². The summed E-state index contributed by atoms with van der Waals surface area (Å²) in [5.41, 5.74) is 4.39. The van der Waals surface area contributed by atoms with Crippen LogP contribution in [0.4, 0.5) is 13.2 Å². The van der Waals surface area contributed by atoms with E-state index >= 15 is 0 Å². The van der Waals surface area contributed by atoms with Gasteiger partial charge in [0.25, 0.3) is 5.91 Å². The van der Waals surface area contributed by atoms with E-state index in [1.165, 1.54) is 11.3 Å². The summed E-state index contributed by atoms with van der Waals surface area (Å²) >= 11 is 1.22. The molecule has 3 aliphatic rings. The van der Waals surface area contributed by atoms with Crippen LogP contribution in [0.1, 0.15) is 57.4 Å². The fourth-order valence-corrected chi connectivity index (χ4v) is 5.27. The standard InChI is InChI=1S/C17H20F3N3O3S/c18-17(19,20)12-7-11(23-26-12)13-8-3-1-2-4-9(8)14(27-13)16(25)22-10-5-6-21-15(10)24/h10-12,23H,1-7H2,(H,21,24)(H,22,25)/t10-,11?,12?/m1/s1. The minimum atomic E-state index is -4.42. The highest BCUT2D eigenvalue weighted by molar-refractivity contribution is 7.14. The Bertz CT molecular complexity index is 765.